The summed E-state index contributed by atoms with van der Waals surface area (Å²) in [6.07, 6.45) is 2.93. The topological polar surface area (TPSA) is 93.7 Å². The predicted octanol–water partition coefficient (Wildman–Crippen LogP) is 1.94. The normalized spacial score (nSPS) is 15.3. The Morgan fingerprint density at radius 1 is 1.20 bits per heavy atom. The highest BCUT2D eigenvalue weighted by Crippen LogP contribution is 2.18. The maximum Gasteiger partial charge on any atom is 0.321 e. The first-order chi connectivity index (χ1) is 12.0. The van der Waals surface area contributed by atoms with Crippen molar-refractivity contribution in [2.45, 2.75) is 51.2 Å². The number of rotatable bonds is 6. The number of imide groups is 1. The van der Waals surface area contributed by atoms with Crippen LogP contribution in [0.15, 0.2) is 24.3 Å². The average Bonchev–Trinajstić information content (AvgIpc) is 3.07. The van der Waals surface area contributed by atoms with Gasteiger partial charge in [0, 0.05) is 11.6 Å². The molecule has 0 unspecified atom stereocenters. The first-order valence-electron chi connectivity index (χ1n) is 8.42. The molecule has 0 saturated heterocycles. The van der Waals surface area contributed by atoms with Crippen molar-refractivity contribution >= 4 is 17.9 Å². The quantitative estimate of drug-likeness (QED) is 0.766. The Balaban J connectivity index is 1.79. The van der Waals surface area contributed by atoms with Crippen molar-refractivity contribution in [2.75, 3.05) is 7.11 Å². The fourth-order valence-electron chi connectivity index (χ4n) is 2.80. The van der Waals surface area contributed by atoms with Gasteiger partial charge in [-0.05, 0) is 25.8 Å². The first kappa shape index (κ1) is 18.8. The second-order valence-corrected chi connectivity index (χ2v) is 6.06. The van der Waals surface area contributed by atoms with Gasteiger partial charge in [0.15, 0.2) is 6.10 Å². The van der Waals surface area contributed by atoms with Gasteiger partial charge in [-0.1, -0.05) is 31.0 Å². The number of carbonyl (C=O) groups excluding carboxylic acids is 3. The molecule has 1 aliphatic carbocycles. The summed E-state index contributed by atoms with van der Waals surface area (Å²) in [6.45, 7) is 1.43. The average molecular weight is 348 g/mol. The Labute approximate surface area is 147 Å². The van der Waals surface area contributed by atoms with Crippen LogP contribution in [0.4, 0.5) is 4.79 Å². The van der Waals surface area contributed by atoms with Crippen molar-refractivity contribution in [2.24, 2.45) is 0 Å². The van der Waals surface area contributed by atoms with Gasteiger partial charge in [0.1, 0.15) is 5.75 Å². The van der Waals surface area contributed by atoms with Gasteiger partial charge in [-0.2, -0.15) is 0 Å². The highest BCUT2D eigenvalue weighted by Gasteiger charge is 2.23. The van der Waals surface area contributed by atoms with Gasteiger partial charge >= 0.3 is 12.0 Å². The smallest absolute Gasteiger partial charge is 0.321 e. The summed E-state index contributed by atoms with van der Waals surface area (Å²) in [7, 11) is 1.52. The monoisotopic (exact) mass is 348 g/mol. The van der Waals surface area contributed by atoms with Crippen LogP contribution in [0.3, 0.4) is 0 Å². The molecule has 1 atom stereocenters. The van der Waals surface area contributed by atoms with Crippen molar-refractivity contribution in [3.05, 3.63) is 29.8 Å². The van der Waals surface area contributed by atoms with Crippen molar-refractivity contribution in [3.8, 4) is 5.75 Å². The predicted molar refractivity (Wildman–Crippen MR) is 91.2 cm³/mol. The van der Waals surface area contributed by atoms with E-state index in [9.17, 15) is 14.4 Å². The van der Waals surface area contributed by atoms with E-state index in [1.165, 1.54) is 14.0 Å². The number of benzene rings is 1. The molecule has 0 aliphatic heterocycles. The van der Waals surface area contributed by atoms with Crippen LogP contribution in [-0.4, -0.2) is 37.2 Å². The molecule has 0 heterocycles. The minimum absolute atomic E-state index is 0.0180. The lowest BCUT2D eigenvalue weighted by Gasteiger charge is -2.16. The maximum atomic E-state index is 12.0. The second kappa shape index (κ2) is 9.05. The van der Waals surface area contributed by atoms with Crippen molar-refractivity contribution < 1.29 is 23.9 Å². The van der Waals surface area contributed by atoms with Crippen LogP contribution in [0.1, 0.15) is 38.2 Å². The van der Waals surface area contributed by atoms with Crippen LogP contribution in [0.5, 0.6) is 5.75 Å². The van der Waals surface area contributed by atoms with Gasteiger partial charge < -0.3 is 14.8 Å². The standard InChI is InChI=1S/C18H24N2O5/c1-12(17(22)20-18(23)19-14-8-4-5-9-14)25-16(21)11-13-7-3-6-10-15(13)24-2/h3,6-7,10,12,14H,4-5,8-9,11H2,1-2H3,(H2,19,20,22,23)/t12-/m1/s1. The zero-order valence-electron chi connectivity index (χ0n) is 14.5. The maximum absolute atomic E-state index is 12.0. The molecule has 0 spiro atoms. The Kier molecular flexibility index (Phi) is 6.80. The number of hydrogen-bond acceptors (Lipinski definition) is 5. The fourth-order valence-corrected chi connectivity index (χ4v) is 2.80. The van der Waals surface area contributed by atoms with Gasteiger partial charge in [-0.25, -0.2) is 4.79 Å². The molecule has 0 radical (unpaired) electrons. The van der Waals surface area contributed by atoms with Crippen LogP contribution < -0.4 is 15.4 Å². The van der Waals surface area contributed by atoms with E-state index in [2.05, 4.69) is 10.6 Å². The lowest BCUT2D eigenvalue weighted by molar-refractivity contribution is -0.153. The van der Waals surface area contributed by atoms with E-state index >= 15 is 0 Å². The van der Waals surface area contributed by atoms with E-state index in [4.69, 9.17) is 9.47 Å². The first-order valence-corrected chi connectivity index (χ1v) is 8.42. The van der Waals surface area contributed by atoms with Crippen LogP contribution in [-0.2, 0) is 20.7 Å². The van der Waals surface area contributed by atoms with Crippen LogP contribution in [0.25, 0.3) is 0 Å². The number of nitrogens with one attached hydrogen (secondary N) is 2. The molecule has 2 rings (SSSR count). The third-order valence-electron chi connectivity index (χ3n) is 4.13. The molecule has 1 aromatic rings. The minimum Gasteiger partial charge on any atom is -0.496 e. The molecule has 2 N–H and O–H groups in total. The van der Waals surface area contributed by atoms with E-state index in [1.54, 1.807) is 24.3 Å². The summed E-state index contributed by atoms with van der Waals surface area (Å²) in [4.78, 5) is 35.7. The highest BCUT2D eigenvalue weighted by atomic mass is 16.5. The Bertz CT molecular complexity index is 626. The molecule has 3 amide bonds. The van der Waals surface area contributed by atoms with E-state index in [1.807, 2.05) is 0 Å². The molecule has 1 aliphatic rings. The largest absolute Gasteiger partial charge is 0.496 e. The molecule has 7 heteroatoms. The summed E-state index contributed by atoms with van der Waals surface area (Å²) in [6, 6.07) is 6.63. The van der Waals surface area contributed by atoms with E-state index < -0.39 is 24.0 Å². The Morgan fingerprint density at radius 3 is 2.56 bits per heavy atom. The van der Waals surface area contributed by atoms with Gasteiger partial charge in [0.05, 0.1) is 13.5 Å². The highest BCUT2D eigenvalue weighted by molar-refractivity contribution is 5.97. The van der Waals surface area contributed by atoms with Crippen LogP contribution >= 0.6 is 0 Å². The third kappa shape index (κ3) is 5.77. The summed E-state index contributed by atoms with van der Waals surface area (Å²) in [5.74, 6) is -0.639. The van der Waals surface area contributed by atoms with E-state index in [0.717, 1.165) is 25.7 Å². The number of methoxy groups -OCH3 is 1. The molecule has 1 aromatic carbocycles. The molecular weight excluding hydrogens is 324 g/mol. The fraction of sp³-hybridized carbons (Fsp3) is 0.500. The van der Waals surface area contributed by atoms with E-state index in [0.29, 0.717) is 11.3 Å². The summed E-state index contributed by atoms with van der Waals surface area (Å²) in [5.41, 5.74) is 0.668. The van der Waals surface area contributed by atoms with Gasteiger partial charge in [-0.3, -0.25) is 14.9 Å². The molecule has 7 nitrogen and oxygen atoms in total. The number of hydrogen-bond donors (Lipinski definition) is 2. The number of amides is 3. The molecular formula is C18H24N2O5. The van der Waals surface area contributed by atoms with Gasteiger partial charge in [0.2, 0.25) is 0 Å². The zero-order valence-corrected chi connectivity index (χ0v) is 14.5. The molecule has 136 valence electrons. The lowest BCUT2D eigenvalue weighted by atomic mass is 10.1. The van der Waals surface area contributed by atoms with Crippen molar-refractivity contribution in [1.82, 2.24) is 10.6 Å². The SMILES string of the molecule is COc1ccccc1CC(=O)O[C@H](C)C(=O)NC(=O)NC1CCCC1. The molecule has 25 heavy (non-hydrogen) atoms. The molecule has 1 saturated carbocycles. The Morgan fingerprint density at radius 2 is 1.88 bits per heavy atom. The molecule has 1 fully saturated rings. The minimum atomic E-state index is -1.06. The molecule has 0 aromatic heterocycles. The van der Waals surface area contributed by atoms with Crippen molar-refractivity contribution in [3.63, 3.8) is 0 Å². The number of carbonyl (C=O) groups is 3. The van der Waals surface area contributed by atoms with Crippen LogP contribution in [0.2, 0.25) is 0 Å². The summed E-state index contributed by atoms with van der Waals surface area (Å²) in [5, 5.41) is 4.95. The second-order valence-electron chi connectivity index (χ2n) is 6.06. The Hall–Kier alpha value is -2.57. The number of esters is 1. The number of ether oxygens (including phenoxy) is 2. The number of para-hydroxylation sites is 1. The summed E-state index contributed by atoms with van der Waals surface area (Å²) >= 11 is 0. The summed E-state index contributed by atoms with van der Waals surface area (Å²) < 4.78 is 10.3. The number of urea groups is 1. The van der Waals surface area contributed by atoms with E-state index in [-0.39, 0.29) is 12.5 Å². The zero-order chi connectivity index (χ0) is 18.2. The third-order valence-corrected chi connectivity index (χ3v) is 4.13. The van der Waals surface area contributed by atoms with Gasteiger partial charge in [-0.15, -0.1) is 0 Å². The molecule has 0 bridgehead atoms. The lowest BCUT2D eigenvalue weighted by Crippen LogP contribution is -2.47. The van der Waals surface area contributed by atoms with Gasteiger partial charge in [0.25, 0.3) is 5.91 Å². The van der Waals surface area contributed by atoms with Crippen LogP contribution in [0, 0.1) is 0 Å². The van der Waals surface area contributed by atoms with Crippen molar-refractivity contribution in [1.29, 1.82) is 0 Å².